The van der Waals surface area contributed by atoms with Gasteiger partial charge in [-0.05, 0) is 37.9 Å². The van der Waals surface area contributed by atoms with E-state index in [1.54, 1.807) is 0 Å². The van der Waals surface area contributed by atoms with Crippen molar-refractivity contribution < 1.29 is 4.52 Å². The van der Waals surface area contributed by atoms with Crippen molar-refractivity contribution in [2.75, 3.05) is 6.54 Å². The van der Waals surface area contributed by atoms with E-state index in [1.807, 2.05) is 25.1 Å². The van der Waals surface area contributed by atoms with Crippen LogP contribution in [0, 0.1) is 6.92 Å². The molecule has 0 saturated carbocycles. The molecule has 94 valence electrons. The molecule has 4 nitrogen and oxygen atoms in total. The second-order valence-corrected chi connectivity index (χ2v) is 4.92. The second kappa shape index (κ2) is 4.71. The number of nitrogens with zero attached hydrogens (tertiary/aromatic N) is 2. The van der Waals surface area contributed by atoms with Crippen LogP contribution in [0.2, 0.25) is 5.02 Å². The van der Waals surface area contributed by atoms with Crippen LogP contribution in [0.5, 0.6) is 0 Å². The summed E-state index contributed by atoms with van der Waals surface area (Å²) in [5, 5.41) is 8.11. The number of rotatable bonds is 2. The average Bonchev–Trinajstić information content (AvgIpc) is 3.01. The average molecular weight is 264 g/mol. The first-order valence-corrected chi connectivity index (χ1v) is 6.46. The van der Waals surface area contributed by atoms with Crippen molar-refractivity contribution in [2.45, 2.75) is 25.8 Å². The maximum Gasteiger partial charge on any atom is 0.244 e. The molecule has 3 rings (SSSR count). The topological polar surface area (TPSA) is 51.0 Å². The standard InChI is InChI=1S/C13H14ClN3O/c1-8-9(4-2-5-10(8)14)12-16-13(18-17-12)11-6-3-7-15-11/h2,4-5,11,15H,3,6-7H2,1H3. The summed E-state index contributed by atoms with van der Waals surface area (Å²) in [6.07, 6.45) is 2.20. The van der Waals surface area contributed by atoms with Gasteiger partial charge in [-0.1, -0.05) is 28.9 Å². The lowest BCUT2D eigenvalue weighted by atomic mass is 10.1. The predicted molar refractivity (Wildman–Crippen MR) is 69.5 cm³/mol. The minimum Gasteiger partial charge on any atom is -0.337 e. The van der Waals surface area contributed by atoms with Crippen molar-refractivity contribution in [2.24, 2.45) is 0 Å². The molecule has 0 spiro atoms. The van der Waals surface area contributed by atoms with Crippen LogP contribution < -0.4 is 5.32 Å². The Hall–Kier alpha value is -1.39. The second-order valence-electron chi connectivity index (χ2n) is 4.52. The Balaban J connectivity index is 1.95. The van der Waals surface area contributed by atoms with Gasteiger partial charge < -0.3 is 9.84 Å². The Bertz CT molecular complexity index is 561. The first-order valence-electron chi connectivity index (χ1n) is 6.08. The molecule has 0 radical (unpaired) electrons. The minimum absolute atomic E-state index is 0.200. The molecule has 1 aromatic heterocycles. The van der Waals surface area contributed by atoms with Gasteiger partial charge in [-0.15, -0.1) is 0 Å². The highest BCUT2D eigenvalue weighted by Gasteiger charge is 2.23. The third kappa shape index (κ3) is 2.02. The molecule has 1 aliphatic heterocycles. The Labute approximate surface area is 110 Å². The number of hydrogen-bond acceptors (Lipinski definition) is 4. The summed E-state index contributed by atoms with van der Waals surface area (Å²) in [4.78, 5) is 4.47. The summed E-state index contributed by atoms with van der Waals surface area (Å²) < 4.78 is 5.33. The SMILES string of the molecule is Cc1c(Cl)cccc1-c1noc(C2CCCN2)n1. The van der Waals surface area contributed by atoms with Gasteiger partial charge in [-0.2, -0.15) is 4.98 Å². The molecule has 1 unspecified atom stereocenters. The molecular formula is C13H14ClN3O. The van der Waals surface area contributed by atoms with E-state index in [9.17, 15) is 0 Å². The maximum absolute atomic E-state index is 6.10. The van der Waals surface area contributed by atoms with Gasteiger partial charge in [0.05, 0.1) is 6.04 Å². The van der Waals surface area contributed by atoms with E-state index in [1.165, 1.54) is 0 Å². The summed E-state index contributed by atoms with van der Waals surface area (Å²) >= 11 is 6.10. The maximum atomic E-state index is 6.10. The Kier molecular flexibility index (Phi) is 3.06. The molecular weight excluding hydrogens is 250 g/mol. The first-order chi connectivity index (χ1) is 8.75. The van der Waals surface area contributed by atoms with Crippen LogP contribution in [0.25, 0.3) is 11.4 Å². The number of halogens is 1. The molecule has 2 aromatic rings. The van der Waals surface area contributed by atoms with Crippen molar-refractivity contribution in [3.05, 3.63) is 34.7 Å². The van der Waals surface area contributed by atoms with Gasteiger partial charge in [0.15, 0.2) is 0 Å². The van der Waals surface area contributed by atoms with Crippen LogP contribution >= 0.6 is 11.6 Å². The normalized spacial score (nSPS) is 19.3. The van der Waals surface area contributed by atoms with E-state index < -0.39 is 0 Å². The van der Waals surface area contributed by atoms with Gasteiger partial charge in [0.1, 0.15) is 0 Å². The lowest BCUT2D eigenvalue weighted by Crippen LogP contribution is -2.12. The molecule has 1 aliphatic rings. The van der Waals surface area contributed by atoms with Gasteiger partial charge in [0, 0.05) is 10.6 Å². The molecule has 1 N–H and O–H groups in total. The molecule has 1 atom stereocenters. The summed E-state index contributed by atoms with van der Waals surface area (Å²) in [5.74, 6) is 1.28. The molecule has 1 fully saturated rings. The molecule has 1 saturated heterocycles. The minimum atomic E-state index is 0.200. The van der Waals surface area contributed by atoms with Gasteiger partial charge in [-0.3, -0.25) is 0 Å². The van der Waals surface area contributed by atoms with Crippen molar-refractivity contribution in [1.82, 2.24) is 15.5 Å². The molecule has 2 heterocycles. The van der Waals surface area contributed by atoms with E-state index in [2.05, 4.69) is 15.5 Å². The molecule has 5 heteroatoms. The number of benzene rings is 1. The predicted octanol–water partition coefficient (Wildman–Crippen LogP) is 3.12. The van der Waals surface area contributed by atoms with Crippen LogP contribution in [0.15, 0.2) is 22.7 Å². The lowest BCUT2D eigenvalue weighted by Gasteiger charge is -2.03. The van der Waals surface area contributed by atoms with Crippen LogP contribution in [-0.4, -0.2) is 16.7 Å². The zero-order chi connectivity index (χ0) is 12.5. The number of nitrogens with one attached hydrogen (secondary N) is 1. The van der Waals surface area contributed by atoms with Crippen molar-refractivity contribution in [3.63, 3.8) is 0 Å². The largest absolute Gasteiger partial charge is 0.337 e. The molecule has 18 heavy (non-hydrogen) atoms. The molecule has 0 aliphatic carbocycles. The first kappa shape index (κ1) is 11.7. The highest BCUT2D eigenvalue weighted by Crippen LogP contribution is 2.28. The van der Waals surface area contributed by atoms with Crippen LogP contribution in [0.1, 0.15) is 30.3 Å². The Morgan fingerprint density at radius 3 is 3.11 bits per heavy atom. The quantitative estimate of drug-likeness (QED) is 0.904. The van der Waals surface area contributed by atoms with Crippen LogP contribution in [-0.2, 0) is 0 Å². The van der Waals surface area contributed by atoms with Crippen LogP contribution in [0.3, 0.4) is 0 Å². The Morgan fingerprint density at radius 1 is 1.44 bits per heavy atom. The van der Waals surface area contributed by atoms with Crippen molar-refractivity contribution in [1.29, 1.82) is 0 Å². The van der Waals surface area contributed by atoms with Crippen molar-refractivity contribution >= 4 is 11.6 Å². The van der Waals surface area contributed by atoms with E-state index in [4.69, 9.17) is 16.1 Å². The van der Waals surface area contributed by atoms with E-state index in [-0.39, 0.29) is 6.04 Å². The molecule has 0 bridgehead atoms. The van der Waals surface area contributed by atoms with E-state index >= 15 is 0 Å². The van der Waals surface area contributed by atoms with Gasteiger partial charge in [0.25, 0.3) is 0 Å². The van der Waals surface area contributed by atoms with E-state index in [0.29, 0.717) is 11.7 Å². The lowest BCUT2D eigenvalue weighted by molar-refractivity contribution is 0.345. The zero-order valence-corrected chi connectivity index (χ0v) is 10.9. The summed E-state index contributed by atoms with van der Waals surface area (Å²) in [6, 6.07) is 5.91. The van der Waals surface area contributed by atoms with E-state index in [0.717, 1.165) is 35.5 Å². The fourth-order valence-corrected chi connectivity index (χ4v) is 2.41. The zero-order valence-electron chi connectivity index (χ0n) is 10.1. The number of aromatic nitrogens is 2. The number of hydrogen-bond donors (Lipinski definition) is 1. The third-order valence-electron chi connectivity index (χ3n) is 3.31. The fourth-order valence-electron chi connectivity index (χ4n) is 2.23. The summed E-state index contributed by atoms with van der Waals surface area (Å²) in [6.45, 7) is 2.97. The highest BCUT2D eigenvalue weighted by molar-refractivity contribution is 6.31. The summed E-state index contributed by atoms with van der Waals surface area (Å²) in [7, 11) is 0. The monoisotopic (exact) mass is 263 g/mol. The molecule has 0 amide bonds. The van der Waals surface area contributed by atoms with Crippen LogP contribution in [0.4, 0.5) is 0 Å². The van der Waals surface area contributed by atoms with Gasteiger partial charge in [-0.25, -0.2) is 0 Å². The third-order valence-corrected chi connectivity index (χ3v) is 3.72. The van der Waals surface area contributed by atoms with Crippen molar-refractivity contribution in [3.8, 4) is 11.4 Å². The summed E-state index contributed by atoms with van der Waals surface area (Å²) in [5.41, 5.74) is 1.90. The van der Waals surface area contributed by atoms with Gasteiger partial charge >= 0.3 is 0 Å². The Morgan fingerprint density at radius 2 is 2.33 bits per heavy atom. The van der Waals surface area contributed by atoms with Gasteiger partial charge in [0.2, 0.25) is 11.7 Å². The fraction of sp³-hybridized carbons (Fsp3) is 0.385. The smallest absolute Gasteiger partial charge is 0.244 e. The molecule has 1 aromatic carbocycles. The highest BCUT2D eigenvalue weighted by atomic mass is 35.5.